The van der Waals surface area contributed by atoms with Crippen LogP contribution >= 0.6 is 35.3 Å². The van der Waals surface area contributed by atoms with Crippen molar-refractivity contribution in [3.8, 4) is 0 Å². The van der Waals surface area contributed by atoms with Gasteiger partial charge in [-0.3, -0.25) is 9.79 Å². The number of rotatable bonds is 7. The van der Waals surface area contributed by atoms with Crippen molar-refractivity contribution in [2.24, 2.45) is 4.99 Å². The highest BCUT2D eigenvalue weighted by Gasteiger charge is 2.16. The highest BCUT2D eigenvalue weighted by atomic mass is 127. The third-order valence-corrected chi connectivity index (χ3v) is 5.31. The number of carbonyl (C=O) groups excluding carboxylic acids is 1. The Kier molecular flexibility index (Phi) is 10.3. The van der Waals surface area contributed by atoms with Gasteiger partial charge in [-0.2, -0.15) is 0 Å². The van der Waals surface area contributed by atoms with Crippen LogP contribution in [0.15, 0.2) is 17.1 Å². The first kappa shape index (κ1) is 21.2. The van der Waals surface area contributed by atoms with Crippen molar-refractivity contribution < 1.29 is 4.79 Å². The second-order valence-corrected chi connectivity index (χ2v) is 7.13. The molecule has 1 aromatic rings. The predicted octanol–water partition coefficient (Wildman–Crippen LogP) is 3.04. The lowest BCUT2D eigenvalue weighted by Crippen LogP contribution is -2.40. The average molecular weight is 464 g/mol. The predicted molar refractivity (Wildman–Crippen MR) is 112 cm³/mol. The molecule has 3 N–H and O–H groups in total. The number of halogens is 1. The summed E-state index contributed by atoms with van der Waals surface area (Å²) >= 11 is 1.82. The first-order valence-electron chi connectivity index (χ1n) is 8.52. The highest BCUT2D eigenvalue weighted by molar-refractivity contribution is 14.0. The van der Waals surface area contributed by atoms with E-state index in [1.54, 1.807) is 7.05 Å². The van der Waals surface area contributed by atoms with E-state index in [4.69, 9.17) is 0 Å². The van der Waals surface area contributed by atoms with Crippen molar-refractivity contribution in [3.63, 3.8) is 0 Å². The Bertz CT molecular complexity index is 526. The maximum Gasteiger partial charge on any atom is 0.221 e. The Balaban J connectivity index is 0.00000288. The van der Waals surface area contributed by atoms with Gasteiger partial charge >= 0.3 is 0 Å². The molecule has 0 aromatic carbocycles. The van der Waals surface area contributed by atoms with Crippen molar-refractivity contribution >= 4 is 47.2 Å². The zero-order chi connectivity index (χ0) is 16.5. The third-order valence-electron chi connectivity index (χ3n) is 4.08. The maximum atomic E-state index is 11.9. The van der Waals surface area contributed by atoms with E-state index < -0.39 is 0 Å². The van der Waals surface area contributed by atoms with E-state index in [-0.39, 0.29) is 29.9 Å². The Morgan fingerprint density at radius 2 is 1.96 bits per heavy atom. The van der Waals surface area contributed by atoms with E-state index >= 15 is 0 Å². The van der Waals surface area contributed by atoms with E-state index in [0.717, 1.165) is 31.8 Å². The third kappa shape index (κ3) is 7.38. The van der Waals surface area contributed by atoms with Crippen LogP contribution in [0.4, 0.5) is 0 Å². The maximum absolute atomic E-state index is 11.9. The van der Waals surface area contributed by atoms with Crippen molar-refractivity contribution in [1.82, 2.24) is 16.0 Å². The summed E-state index contributed by atoms with van der Waals surface area (Å²) in [7, 11) is 1.75. The lowest BCUT2D eigenvalue weighted by Gasteiger charge is -2.13. The number of nitrogens with zero attached hydrogens (tertiary/aromatic N) is 1. The number of guanidine groups is 1. The molecule has 0 unspecified atom stereocenters. The number of nitrogens with one attached hydrogen (secondary N) is 3. The van der Waals surface area contributed by atoms with Gasteiger partial charge in [-0.1, -0.05) is 19.8 Å². The SMILES string of the molecule is CCc1ccc(CNC(=NC)NCCC(=O)NC2CCCC2)s1.I. The van der Waals surface area contributed by atoms with E-state index in [2.05, 4.69) is 40.0 Å². The monoisotopic (exact) mass is 464 g/mol. The van der Waals surface area contributed by atoms with Crippen LogP contribution in [0.3, 0.4) is 0 Å². The summed E-state index contributed by atoms with van der Waals surface area (Å²) in [6.45, 7) is 3.53. The van der Waals surface area contributed by atoms with Gasteiger partial charge in [0, 0.05) is 35.8 Å². The Morgan fingerprint density at radius 3 is 2.58 bits per heavy atom. The molecule has 0 aliphatic heterocycles. The topological polar surface area (TPSA) is 65.5 Å². The smallest absolute Gasteiger partial charge is 0.221 e. The van der Waals surface area contributed by atoms with Gasteiger partial charge in [-0.25, -0.2) is 0 Å². The van der Waals surface area contributed by atoms with E-state index in [0.29, 0.717) is 19.0 Å². The van der Waals surface area contributed by atoms with Crippen molar-refractivity contribution in [2.45, 2.75) is 58.0 Å². The van der Waals surface area contributed by atoms with Crippen LogP contribution in [0.2, 0.25) is 0 Å². The number of thiophene rings is 1. The Morgan fingerprint density at radius 1 is 1.25 bits per heavy atom. The van der Waals surface area contributed by atoms with Crippen LogP contribution in [0.1, 0.15) is 48.8 Å². The summed E-state index contributed by atoms with van der Waals surface area (Å²) in [5, 5.41) is 9.59. The van der Waals surface area contributed by atoms with Crippen LogP contribution in [-0.4, -0.2) is 31.5 Å². The normalized spacial score (nSPS) is 15.0. The first-order chi connectivity index (χ1) is 11.2. The number of hydrogen-bond donors (Lipinski definition) is 3. The molecule has 0 radical (unpaired) electrons. The fraction of sp³-hybridized carbons (Fsp3) is 0.647. The minimum atomic E-state index is 0. The molecule has 7 heteroatoms. The zero-order valence-electron chi connectivity index (χ0n) is 14.6. The van der Waals surface area contributed by atoms with Gasteiger partial charge in [0.05, 0.1) is 6.54 Å². The summed E-state index contributed by atoms with van der Waals surface area (Å²) < 4.78 is 0. The highest BCUT2D eigenvalue weighted by Crippen LogP contribution is 2.17. The van der Waals surface area contributed by atoms with Gasteiger partial charge in [0.2, 0.25) is 5.91 Å². The summed E-state index contributed by atoms with van der Waals surface area (Å²) in [4.78, 5) is 18.8. The molecule has 5 nitrogen and oxygen atoms in total. The van der Waals surface area contributed by atoms with Gasteiger partial charge in [0.1, 0.15) is 0 Å². The molecule has 1 amide bonds. The van der Waals surface area contributed by atoms with Crippen LogP contribution in [0.5, 0.6) is 0 Å². The Hall–Kier alpha value is -0.830. The summed E-state index contributed by atoms with van der Waals surface area (Å²) in [5.41, 5.74) is 0. The zero-order valence-corrected chi connectivity index (χ0v) is 17.7. The molecule has 0 spiro atoms. The second-order valence-electron chi connectivity index (χ2n) is 5.87. The largest absolute Gasteiger partial charge is 0.356 e. The minimum Gasteiger partial charge on any atom is -0.356 e. The quantitative estimate of drug-likeness (QED) is 0.330. The number of aryl methyl sites for hydroxylation is 1. The van der Waals surface area contributed by atoms with Gasteiger partial charge in [-0.15, -0.1) is 35.3 Å². The van der Waals surface area contributed by atoms with Crippen molar-refractivity contribution in [3.05, 3.63) is 21.9 Å². The molecule has 1 heterocycles. The van der Waals surface area contributed by atoms with Gasteiger partial charge < -0.3 is 16.0 Å². The van der Waals surface area contributed by atoms with E-state index in [9.17, 15) is 4.79 Å². The number of hydrogen-bond acceptors (Lipinski definition) is 3. The standard InChI is InChI=1S/C17H28N4OS.HI/c1-3-14-8-9-15(23-14)12-20-17(18-2)19-11-10-16(22)21-13-6-4-5-7-13;/h8-9,13H,3-7,10-12H2,1-2H3,(H,21,22)(H2,18,19,20);1H. The summed E-state index contributed by atoms with van der Waals surface area (Å²) in [6.07, 6.45) is 6.29. The number of amides is 1. The molecule has 0 atom stereocenters. The fourth-order valence-electron chi connectivity index (χ4n) is 2.76. The van der Waals surface area contributed by atoms with E-state index in [1.807, 2.05) is 11.3 Å². The molecule has 136 valence electrons. The molecule has 1 fully saturated rings. The molecule has 1 saturated carbocycles. The molecule has 0 bridgehead atoms. The van der Waals surface area contributed by atoms with Crippen molar-refractivity contribution in [2.75, 3.05) is 13.6 Å². The molecule has 1 aliphatic carbocycles. The molecule has 0 saturated heterocycles. The van der Waals surface area contributed by atoms with Crippen molar-refractivity contribution in [1.29, 1.82) is 0 Å². The molecule has 1 aromatic heterocycles. The summed E-state index contributed by atoms with van der Waals surface area (Å²) in [6, 6.07) is 4.72. The number of carbonyl (C=O) groups is 1. The summed E-state index contributed by atoms with van der Waals surface area (Å²) in [5.74, 6) is 0.871. The number of aliphatic imine (C=N–C) groups is 1. The van der Waals surface area contributed by atoms with Crippen LogP contribution < -0.4 is 16.0 Å². The lowest BCUT2D eigenvalue weighted by molar-refractivity contribution is -0.121. The molecule has 2 rings (SSSR count). The van der Waals surface area contributed by atoms with Gasteiger partial charge in [-0.05, 0) is 31.4 Å². The molecular weight excluding hydrogens is 435 g/mol. The van der Waals surface area contributed by atoms with Crippen LogP contribution in [0.25, 0.3) is 0 Å². The molecule has 1 aliphatic rings. The van der Waals surface area contributed by atoms with Crippen LogP contribution in [0, 0.1) is 0 Å². The average Bonchev–Trinajstić information content (AvgIpc) is 3.22. The minimum absolute atomic E-state index is 0. The van der Waals surface area contributed by atoms with Gasteiger partial charge in [0.25, 0.3) is 0 Å². The van der Waals surface area contributed by atoms with E-state index in [1.165, 1.54) is 22.6 Å². The van der Waals surface area contributed by atoms with Gasteiger partial charge in [0.15, 0.2) is 5.96 Å². The first-order valence-corrected chi connectivity index (χ1v) is 9.34. The fourth-order valence-corrected chi connectivity index (χ4v) is 3.66. The second kappa shape index (κ2) is 11.7. The lowest BCUT2D eigenvalue weighted by atomic mass is 10.2. The molecular formula is C17H29IN4OS. The van der Waals surface area contributed by atoms with Crippen LogP contribution in [-0.2, 0) is 17.8 Å². The Labute approximate surface area is 166 Å². The molecule has 24 heavy (non-hydrogen) atoms.